The lowest BCUT2D eigenvalue weighted by molar-refractivity contribution is -0.182. The molecule has 6 rings (SSSR count). The van der Waals surface area contributed by atoms with Gasteiger partial charge >= 0.3 is 5.97 Å². The van der Waals surface area contributed by atoms with Gasteiger partial charge in [0.1, 0.15) is 17.8 Å². The Morgan fingerprint density at radius 1 is 1.12 bits per heavy atom. The van der Waals surface area contributed by atoms with Crippen LogP contribution in [0.15, 0.2) is 23.3 Å². The summed E-state index contributed by atoms with van der Waals surface area (Å²) in [4.78, 5) is 25.7. The molecule has 11 atom stereocenters. The molecule has 0 radical (unpaired) electrons. The summed E-state index contributed by atoms with van der Waals surface area (Å²) in [5, 5.41) is 11.7. The lowest BCUT2D eigenvalue weighted by Gasteiger charge is -2.60. The fourth-order valence-corrected chi connectivity index (χ4v) is 9.34. The number of carbonyl (C=O) groups excluding carboxylic acids is 2. The molecule has 0 aromatic carbocycles. The SMILES string of the molecule is CC1=C(C)C(=O)O[C@@H]([C@H](C)[C@H]2CC[C@H]3[C@@H]4[C@@H]5O[C@@H]5[C@@]5(O)CC=CC(=O)[C@]5(C)[C@H]4CC[C@]23C)C1. The van der Waals surface area contributed by atoms with Crippen LogP contribution in [0.2, 0.25) is 0 Å². The van der Waals surface area contributed by atoms with Crippen molar-refractivity contribution in [1.29, 1.82) is 0 Å². The molecule has 2 heterocycles. The minimum atomic E-state index is -1.07. The fourth-order valence-electron chi connectivity index (χ4n) is 9.34. The Morgan fingerprint density at radius 3 is 2.61 bits per heavy atom. The van der Waals surface area contributed by atoms with Crippen LogP contribution in [0.4, 0.5) is 0 Å². The van der Waals surface area contributed by atoms with E-state index in [9.17, 15) is 14.7 Å². The molecule has 4 fully saturated rings. The van der Waals surface area contributed by atoms with Crippen LogP contribution < -0.4 is 0 Å². The monoisotopic (exact) mass is 454 g/mol. The summed E-state index contributed by atoms with van der Waals surface area (Å²) in [6.07, 6.45) is 8.98. The quantitative estimate of drug-likeness (QED) is 0.495. The number of epoxide rings is 1. The first kappa shape index (κ1) is 22.0. The third-order valence-electron chi connectivity index (χ3n) is 11.6. The van der Waals surface area contributed by atoms with Crippen molar-refractivity contribution >= 4 is 11.8 Å². The standard InChI is InChI=1S/C28H38O5/c1-14-13-20(32-25(30)15(14)2)16(3)17-8-9-18-22-19(10-12-26(17,18)4)27(5)21(29)7-6-11-28(27,31)24-23(22)33-24/h6-7,16-20,22-24,31H,8-13H2,1-5H3/t16-,17-,18+,19+,20-,22+,23+,24+,26-,27+,28+/m1/s1. The lowest BCUT2D eigenvalue weighted by atomic mass is 9.43. The number of fused-ring (bicyclic) bond motifs is 8. The zero-order chi connectivity index (χ0) is 23.5. The van der Waals surface area contributed by atoms with Crippen LogP contribution in [0, 0.1) is 40.4 Å². The molecule has 0 spiro atoms. The van der Waals surface area contributed by atoms with Crippen LogP contribution in [0.3, 0.4) is 0 Å². The number of ketones is 1. The highest BCUT2D eigenvalue weighted by Gasteiger charge is 2.77. The summed E-state index contributed by atoms with van der Waals surface area (Å²) in [5.41, 5.74) is 0.243. The fraction of sp³-hybridized carbons (Fsp3) is 0.786. The maximum atomic E-state index is 13.3. The van der Waals surface area contributed by atoms with Gasteiger partial charge in [-0.15, -0.1) is 0 Å². The minimum absolute atomic E-state index is 0.0524. The van der Waals surface area contributed by atoms with Crippen molar-refractivity contribution < 1.29 is 24.2 Å². The molecule has 33 heavy (non-hydrogen) atoms. The Kier molecular flexibility index (Phi) is 4.55. The van der Waals surface area contributed by atoms with E-state index in [1.807, 2.05) is 19.9 Å². The Bertz CT molecular complexity index is 981. The Hall–Kier alpha value is -1.46. The summed E-state index contributed by atoms with van der Waals surface area (Å²) in [6, 6.07) is 0. The Balaban J connectivity index is 1.30. The number of rotatable bonds is 2. The zero-order valence-corrected chi connectivity index (χ0v) is 20.6. The molecule has 0 amide bonds. The molecule has 0 aromatic heterocycles. The topological polar surface area (TPSA) is 76.1 Å². The van der Waals surface area contributed by atoms with Gasteiger partial charge in [-0.2, -0.15) is 0 Å². The molecule has 2 aliphatic heterocycles. The van der Waals surface area contributed by atoms with Gasteiger partial charge in [-0.3, -0.25) is 4.79 Å². The van der Waals surface area contributed by atoms with Gasteiger partial charge in [0.2, 0.25) is 0 Å². The zero-order valence-electron chi connectivity index (χ0n) is 20.6. The molecular weight excluding hydrogens is 416 g/mol. The first-order valence-corrected chi connectivity index (χ1v) is 13.0. The molecule has 4 aliphatic carbocycles. The van der Waals surface area contributed by atoms with Crippen molar-refractivity contribution in [2.24, 2.45) is 40.4 Å². The predicted molar refractivity (Wildman–Crippen MR) is 123 cm³/mol. The van der Waals surface area contributed by atoms with Crippen molar-refractivity contribution in [3.05, 3.63) is 23.3 Å². The predicted octanol–water partition coefficient (Wildman–Crippen LogP) is 4.38. The number of carbonyl (C=O) groups is 2. The van der Waals surface area contributed by atoms with Crippen LogP contribution in [0.1, 0.15) is 73.1 Å². The summed E-state index contributed by atoms with van der Waals surface area (Å²) in [7, 11) is 0. The molecule has 6 aliphatic rings. The molecule has 1 saturated heterocycles. The Morgan fingerprint density at radius 2 is 1.88 bits per heavy atom. The van der Waals surface area contributed by atoms with Crippen molar-refractivity contribution in [2.75, 3.05) is 0 Å². The van der Waals surface area contributed by atoms with Crippen LogP contribution in [0.25, 0.3) is 0 Å². The van der Waals surface area contributed by atoms with Crippen LogP contribution in [-0.4, -0.2) is 40.8 Å². The second kappa shape index (κ2) is 6.81. The average Bonchev–Trinajstić information content (AvgIpc) is 3.50. The molecule has 0 unspecified atom stereocenters. The van der Waals surface area contributed by atoms with Crippen molar-refractivity contribution in [2.45, 2.75) is 97.1 Å². The molecule has 5 nitrogen and oxygen atoms in total. The Labute approximate surface area is 197 Å². The number of esters is 1. The van der Waals surface area contributed by atoms with E-state index >= 15 is 0 Å². The smallest absolute Gasteiger partial charge is 0.333 e. The summed E-state index contributed by atoms with van der Waals surface area (Å²) in [6.45, 7) is 10.7. The van der Waals surface area contributed by atoms with Gasteiger partial charge in [0.25, 0.3) is 0 Å². The summed E-state index contributed by atoms with van der Waals surface area (Å²) < 4.78 is 12.1. The van der Waals surface area contributed by atoms with E-state index in [0.717, 1.165) is 43.3 Å². The van der Waals surface area contributed by atoms with E-state index in [0.29, 0.717) is 30.1 Å². The summed E-state index contributed by atoms with van der Waals surface area (Å²) >= 11 is 0. The number of allylic oxidation sites excluding steroid dienone is 1. The van der Waals surface area contributed by atoms with Crippen LogP contribution in [0.5, 0.6) is 0 Å². The molecule has 0 aromatic rings. The van der Waals surface area contributed by atoms with Gasteiger partial charge < -0.3 is 14.6 Å². The van der Waals surface area contributed by atoms with Crippen molar-refractivity contribution in [3.63, 3.8) is 0 Å². The molecule has 5 heteroatoms. The highest BCUT2D eigenvalue weighted by Crippen LogP contribution is 2.71. The van der Waals surface area contributed by atoms with Gasteiger partial charge in [-0.25, -0.2) is 4.79 Å². The number of cyclic esters (lactones) is 1. The van der Waals surface area contributed by atoms with E-state index in [2.05, 4.69) is 20.8 Å². The largest absolute Gasteiger partial charge is 0.458 e. The van der Waals surface area contributed by atoms with E-state index in [1.165, 1.54) is 0 Å². The second-order valence-electron chi connectivity index (χ2n) is 12.5. The van der Waals surface area contributed by atoms with E-state index < -0.39 is 11.0 Å². The maximum Gasteiger partial charge on any atom is 0.333 e. The van der Waals surface area contributed by atoms with E-state index in [4.69, 9.17) is 9.47 Å². The van der Waals surface area contributed by atoms with Crippen LogP contribution in [-0.2, 0) is 19.1 Å². The molecular formula is C28H38O5. The highest BCUT2D eigenvalue weighted by atomic mass is 16.6. The first-order chi connectivity index (χ1) is 15.5. The number of ether oxygens (including phenoxy) is 2. The molecule has 3 saturated carbocycles. The minimum Gasteiger partial charge on any atom is -0.458 e. The van der Waals surface area contributed by atoms with Crippen molar-refractivity contribution in [1.82, 2.24) is 0 Å². The van der Waals surface area contributed by atoms with Gasteiger partial charge in [-0.1, -0.05) is 25.5 Å². The first-order valence-electron chi connectivity index (χ1n) is 13.0. The molecule has 180 valence electrons. The van der Waals surface area contributed by atoms with Gasteiger partial charge in [0, 0.05) is 12.0 Å². The average molecular weight is 455 g/mol. The molecule has 1 N–H and O–H groups in total. The van der Waals surface area contributed by atoms with Gasteiger partial charge in [0.15, 0.2) is 5.78 Å². The lowest BCUT2D eigenvalue weighted by Crippen LogP contribution is -2.67. The normalized spacial score (nSPS) is 53.6. The highest BCUT2D eigenvalue weighted by molar-refractivity contribution is 5.97. The number of hydrogen-bond donors (Lipinski definition) is 1. The van der Waals surface area contributed by atoms with Gasteiger partial charge in [-0.05, 0) is 94.0 Å². The third kappa shape index (κ3) is 2.61. The van der Waals surface area contributed by atoms with E-state index in [1.54, 1.807) is 6.08 Å². The molecule has 0 bridgehead atoms. The number of hydrogen-bond acceptors (Lipinski definition) is 5. The van der Waals surface area contributed by atoms with Crippen molar-refractivity contribution in [3.8, 4) is 0 Å². The van der Waals surface area contributed by atoms with Gasteiger partial charge in [0.05, 0.1) is 11.5 Å². The maximum absolute atomic E-state index is 13.3. The number of aliphatic hydroxyl groups is 1. The third-order valence-corrected chi connectivity index (χ3v) is 11.6. The second-order valence-corrected chi connectivity index (χ2v) is 12.5. The summed E-state index contributed by atoms with van der Waals surface area (Å²) in [5.74, 6) is 1.68. The van der Waals surface area contributed by atoms with Crippen LogP contribution >= 0.6 is 0 Å². The van der Waals surface area contributed by atoms with E-state index in [-0.39, 0.29) is 41.4 Å².